The van der Waals surface area contributed by atoms with E-state index in [-0.39, 0.29) is 12.2 Å². The van der Waals surface area contributed by atoms with E-state index in [1.54, 1.807) is 36.8 Å². The van der Waals surface area contributed by atoms with Crippen LogP contribution in [0.4, 0.5) is 0 Å². The first-order valence-electron chi connectivity index (χ1n) is 15.1. The van der Waals surface area contributed by atoms with Gasteiger partial charge < -0.3 is 14.0 Å². The quantitative estimate of drug-likeness (QED) is 0.155. The largest absolute Gasteiger partial charge is 0.496 e. The SMILES string of the molecule is CCCC1=C(C(=O)OCC)[C@@H](c2cc(Cl)ccc2OC)n2c(s/c(=C/c3c(C)n(Cc4ccccc4Cl)c4ccccc34)c2=O)=N1. The third kappa shape index (κ3) is 5.70. The highest BCUT2D eigenvalue weighted by atomic mass is 35.5. The molecule has 0 fully saturated rings. The molecule has 7 nitrogen and oxygen atoms in total. The molecule has 10 heteroatoms. The molecular formula is C36H33Cl2N3O4S. The Kier molecular flexibility index (Phi) is 9.22. The molecule has 1 atom stereocenters. The zero-order valence-electron chi connectivity index (χ0n) is 26.0. The molecule has 0 amide bonds. The molecule has 6 rings (SSSR count). The summed E-state index contributed by atoms with van der Waals surface area (Å²) in [5.41, 5.74) is 5.20. The topological polar surface area (TPSA) is 74.8 Å². The van der Waals surface area contributed by atoms with Gasteiger partial charge in [0.25, 0.3) is 5.56 Å². The highest BCUT2D eigenvalue weighted by Gasteiger charge is 2.36. The smallest absolute Gasteiger partial charge is 0.338 e. The van der Waals surface area contributed by atoms with Gasteiger partial charge in [0.1, 0.15) is 11.8 Å². The lowest BCUT2D eigenvalue weighted by molar-refractivity contribution is -0.139. The summed E-state index contributed by atoms with van der Waals surface area (Å²) < 4.78 is 15.5. The van der Waals surface area contributed by atoms with Gasteiger partial charge in [-0.3, -0.25) is 9.36 Å². The van der Waals surface area contributed by atoms with Crippen molar-refractivity contribution in [1.29, 1.82) is 0 Å². The van der Waals surface area contributed by atoms with E-state index in [0.29, 0.717) is 54.9 Å². The number of para-hydroxylation sites is 1. The predicted molar refractivity (Wildman–Crippen MR) is 185 cm³/mol. The van der Waals surface area contributed by atoms with E-state index in [1.165, 1.54) is 11.3 Å². The molecule has 5 aromatic rings. The van der Waals surface area contributed by atoms with Crippen molar-refractivity contribution in [3.8, 4) is 5.75 Å². The number of nitrogens with zero attached hydrogens (tertiary/aromatic N) is 3. The number of carbonyl (C=O) groups excluding carboxylic acids is 1. The normalized spacial score (nSPS) is 14.8. The minimum atomic E-state index is -0.838. The van der Waals surface area contributed by atoms with Gasteiger partial charge >= 0.3 is 5.97 Å². The van der Waals surface area contributed by atoms with Gasteiger partial charge in [-0.15, -0.1) is 0 Å². The summed E-state index contributed by atoms with van der Waals surface area (Å²) in [7, 11) is 1.55. The third-order valence-corrected chi connectivity index (χ3v) is 9.81. The molecule has 3 heterocycles. The molecule has 0 saturated carbocycles. The number of aromatic nitrogens is 2. The molecule has 46 heavy (non-hydrogen) atoms. The molecule has 1 aliphatic heterocycles. The standard InChI is InChI=1S/C36H33Cl2N3O4S/c1-5-11-28-32(35(43)45-6-2)33(26-18-23(37)16-17-30(26)44-4)41-34(42)31(46-36(41)39-28)19-25-21(3)40(29-15-10-8-13-24(25)29)20-22-12-7-9-14-27(22)38/h7-10,12-19,33H,5-6,11,20H2,1-4H3/b31-19+/t33-/m1/s1. The highest BCUT2D eigenvalue weighted by Crippen LogP contribution is 2.38. The Balaban J connectivity index is 1.61. The Morgan fingerprint density at radius 2 is 1.83 bits per heavy atom. The van der Waals surface area contributed by atoms with Gasteiger partial charge in [0.05, 0.1) is 29.5 Å². The Morgan fingerprint density at radius 3 is 2.57 bits per heavy atom. The maximum absolute atomic E-state index is 14.5. The fourth-order valence-electron chi connectivity index (χ4n) is 6.11. The van der Waals surface area contributed by atoms with E-state index in [4.69, 9.17) is 37.7 Å². The first-order valence-corrected chi connectivity index (χ1v) is 16.7. The fraction of sp³-hybridized carbons (Fsp3) is 0.250. The van der Waals surface area contributed by atoms with Gasteiger partial charge in [0.2, 0.25) is 0 Å². The van der Waals surface area contributed by atoms with E-state index in [9.17, 15) is 9.59 Å². The summed E-state index contributed by atoms with van der Waals surface area (Å²) >= 11 is 14.3. The summed E-state index contributed by atoms with van der Waals surface area (Å²) in [5.74, 6) is -0.0171. The Labute approximate surface area is 280 Å². The Bertz CT molecular complexity index is 2190. The lowest BCUT2D eigenvalue weighted by Crippen LogP contribution is -2.40. The highest BCUT2D eigenvalue weighted by molar-refractivity contribution is 7.07. The predicted octanol–water partition coefficient (Wildman–Crippen LogP) is 7.21. The summed E-state index contributed by atoms with van der Waals surface area (Å²) in [6, 6.07) is 20.3. The number of hydrogen-bond acceptors (Lipinski definition) is 6. The van der Waals surface area contributed by atoms with Crippen LogP contribution in [-0.4, -0.2) is 28.8 Å². The summed E-state index contributed by atoms with van der Waals surface area (Å²) in [4.78, 5) is 33.5. The number of hydrogen-bond donors (Lipinski definition) is 0. The number of esters is 1. The number of carbonyl (C=O) groups is 1. The van der Waals surface area contributed by atoms with E-state index in [0.717, 1.165) is 34.1 Å². The maximum atomic E-state index is 14.5. The van der Waals surface area contributed by atoms with Crippen LogP contribution in [0.3, 0.4) is 0 Å². The molecule has 3 aromatic carbocycles. The van der Waals surface area contributed by atoms with Crippen LogP contribution in [0.15, 0.2) is 87.8 Å². The van der Waals surface area contributed by atoms with Gasteiger partial charge in [0.15, 0.2) is 4.80 Å². The minimum absolute atomic E-state index is 0.184. The molecule has 0 bridgehead atoms. The van der Waals surface area contributed by atoms with Crippen LogP contribution >= 0.6 is 34.5 Å². The van der Waals surface area contributed by atoms with Gasteiger partial charge in [-0.1, -0.05) is 84.3 Å². The van der Waals surface area contributed by atoms with Crippen molar-refractivity contribution in [2.24, 2.45) is 4.99 Å². The molecule has 0 aliphatic carbocycles. The van der Waals surface area contributed by atoms with Crippen molar-refractivity contribution < 1.29 is 14.3 Å². The summed E-state index contributed by atoms with van der Waals surface area (Å²) in [5, 5.41) is 2.17. The van der Waals surface area contributed by atoms with Crippen LogP contribution in [-0.2, 0) is 16.1 Å². The van der Waals surface area contributed by atoms with Gasteiger partial charge in [-0.05, 0) is 62.2 Å². The first-order chi connectivity index (χ1) is 22.3. The fourth-order valence-corrected chi connectivity index (χ4v) is 7.48. The van der Waals surface area contributed by atoms with Gasteiger partial charge in [-0.25, -0.2) is 9.79 Å². The summed E-state index contributed by atoms with van der Waals surface area (Å²) in [6.07, 6.45) is 3.22. The third-order valence-electron chi connectivity index (χ3n) is 8.22. The van der Waals surface area contributed by atoms with Crippen molar-refractivity contribution in [2.75, 3.05) is 13.7 Å². The van der Waals surface area contributed by atoms with Crippen LogP contribution in [0.2, 0.25) is 10.0 Å². The number of halogens is 2. The van der Waals surface area contributed by atoms with Gasteiger partial charge in [0, 0.05) is 44.3 Å². The lowest BCUT2D eigenvalue weighted by Gasteiger charge is -2.27. The van der Waals surface area contributed by atoms with Crippen LogP contribution < -0.4 is 19.6 Å². The average molecular weight is 675 g/mol. The second-order valence-electron chi connectivity index (χ2n) is 11.0. The van der Waals surface area contributed by atoms with Crippen LogP contribution in [0, 0.1) is 6.92 Å². The molecule has 0 saturated heterocycles. The monoisotopic (exact) mass is 673 g/mol. The second kappa shape index (κ2) is 13.3. The van der Waals surface area contributed by atoms with Crippen LogP contribution in [0.5, 0.6) is 5.75 Å². The lowest BCUT2D eigenvalue weighted by atomic mass is 9.93. The molecule has 236 valence electrons. The molecule has 2 aromatic heterocycles. The first kappa shape index (κ1) is 31.9. The number of fused-ring (bicyclic) bond motifs is 2. The average Bonchev–Trinajstić information content (AvgIpc) is 3.50. The maximum Gasteiger partial charge on any atom is 0.338 e. The van der Waals surface area contributed by atoms with Crippen molar-refractivity contribution in [2.45, 2.75) is 46.2 Å². The Morgan fingerprint density at radius 1 is 1.07 bits per heavy atom. The second-order valence-corrected chi connectivity index (χ2v) is 12.8. The molecule has 1 aliphatic rings. The van der Waals surface area contributed by atoms with E-state index in [1.807, 2.05) is 49.4 Å². The molecule has 0 N–H and O–H groups in total. The van der Waals surface area contributed by atoms with Crippen molar-refractivity contribution in [1.82, 2.24) is 9.13 Å². The zero-order valence-corrected chi connectivity index (χ0v) is 28.3. The van der Waals surface area contributed by atoms with Crippen molar-refractivity contribution >= 4 is 57.5 Å². The zero-order chi connectivity index (χ0) is 32.5. The molecular weight excluding hydrogens is 641 g/mol. The minimum Gasteiger partial charge on any atom is -0.496 e. The van der Waals surface area contributed by atoms with Crippen LogP contribution in [0.1, 0.15) is 55.1 Å². The van der Waals surface area contributed by atoms with E-state index >= 15 is 0 Å². The van der Waals surface area contributed by atoms with Crippen molar-refractivity contribution in [3.63, 3.8) is 0 Å². The molecule has 0 spiro atoms. The van der Waals surface area contributed by atoms with E-state index in [2.05, 4.69) is 23.6 Å². The number of ether oxygens (including phenoxy) is 2. The number of allylic oxidation sites excluding steroid dienone is 1. The number of benzene rings is 3. The summed E-state index contributed by atoms with van der Waals surface area (Å²) in [6.45, 7) is 6.60. The van der Waals surface area contributed by atoms with E-state index < -0.39 is 12.0 Å². The number of methoxy groups -OCH3 is 1. The molecule has 0 radical (unpaired) electrons. The molecule has 0 unspecified atom stereocenters. The number of thiazole rings is 1. The van der Waals surface area contributed by atoms with Crippen LogP contribution in [0.25, 0.3) is 17.0 Å². The number of rotatable bonds is 9. The van der Waals surface area contributed by atoms with Crippen molar-refractivity contribution in [3.05, 3.63) is 130 Å². The van der Waals surface area contributed by atoms with Gasteiger partial charge in [-0.2, -0.15) is 0 Å². The Hall–Kier alpha value is -4.11.